The van der Waals surface area contributed by atoms with Crippen molar-refractivity contribution in [1.29, 1.82) is 0 Å². The first-order valence-electron chi connectivity index (χ1n) is 10.7. The Morgan fingerprint density at radius 2 is 1.71 bits per heavy atom. The van der Waals surface area contributed by atoms with Gasteiger partial charge >= 0.3 is 0 Å². The van der Waals surface area contributed by atoms with Gasteiger partial charge in [-0.15, -0.1) is 0 Å². The number of carbonyl (C=O) groups excluding carboxylic acids is 1. The van der Waals surface area contributed by atoms with Crippen LogP contribution in [-0.4, -0.2) is 16.6 Å². The van der Waals surface area contributed by atoms with E-state index in [4.69, 9.17) is 5.10 Å². The predicted octanol–water partition coefficient (Wildman–Crippen LogP) is 6.89. The lowest BCUT2D eigenvalue weighted by Gasteiger charge is -2.29. The highest BCUT2D eigenvalue weighted by molar-refractivity contribution is 9.10. The Morgan fingerprint density at radius 3 is 2.45 bits per heavy atom. The summed E-state index contributed by atoms with van der Waals surface area (Å²) in [5.41, 5.74) is 5.26. The predicted molar refractivity (Wildman–Crippen MR) is 129 cm³/mol. The third-order valence-electron chi connectivity index (χ3n) is 6.06. The van der Waals surface area contributed by atoms with E-state index in [1.807, 2.05) is 48.5 Å². The molecule has 3 nitrogen and oxygen atoms in total. The molecule has 0 aromatic heterocycles. The number of carbonyl (C=O) groups is 1. The van der Waals surface area contributed by atoms with E-state index in [1.165, 1.54) is 11.1 Å². The van der Waals surface area contributed by atoms with Crippen molar-refractivity contribution >= 4 is 33.6 Å². The largest absolute Gasteiger partial charge is 0.274 e. The third-order valence-corrected chi connectivity index (χ3v) is 6.56. The summed E-state index contributed by atoms with van der Waals surface area (Å²) in [5.74, 6) is 0.151. The summed E-state index contributed by atoms with van der Waals surface area (Å²) >= 11 is 3.49. The van der Waals surface area contributed by atoms with Crippen molar-refractivity contribution in [2.45, 2.75) is 25.3 Å². The first-order chi connectivity index (χ1) is 15.2. The number of nitrogens with zero attached hydrogens (tertiary/aromatic N) is 2. The van der Waals surface area contributed by atoms with Gasteiger partial charge in [-0.25, -0.2) is 5.01 Å². The summed E-state index contributed by atoms with van der Waals surface area (Å²) in [6, 6.07) is 28.2. The lowest BCUT2D eigenvalue weighted by molar-refractivity contribution is 0.0681. The van der Waals surface area contributed by atoms with Crippen LogP contribution in [0.1, 0.15) is 46.8 Å². The minimum absolute atomic E-state index is 0.0592. The molecule has 1 aliphatic heterocycles. The number of fused-ring (bicyclic) bond motifs is 1. The van der Waals surface area contributed by atoms with Gasteiger partial charge in [0.05, 0.1) is 11.8 Å². The summed E-state index contributed by atoms with van der Waals surface area (Å²) in [6.07, 6.45) is 5.36. The number of benzene rings is 3. The number of hydrazone groups is 1. The Kier molecular flexibility index (Phi) is 5.56. The van der Waals surface area contributed by atoms with Gasteiger partial charge in [-0.1, -0.05) is 82.7 Å². The zero-order valence-corrected chi connectivity index (χ0v) is 18.7. The van der Waals surface area contributed by atoms with Crippen LogP contribution in [0.15, 0.2) is 100 Å². The van der Waals surface area contributed by atoms with Crippen LogP contribution < -0.4 is 0 Å². The summed E-state index contributed by atoms with van der Waals surface area (Å²) < 4.78 is 0.892. The van der Waals surface area contributed by atoms with E-state index < -0.39 is 0 Å². The maximum atomic E-state index is 13.6. The van der Waals surface area contributed by atoms with Crippen molar-refractivity contribution in [3.63, 3.8) is 0 Å². The lowest BCUT2D eigenvalue weighted by Crippen LogP contribution is -2.31. The molecule has 0 spiro atoms. The molecule has 1 heterocycles. The number of hydrogen-bond acceptors (Lipinski definition) is 2. The van der Waals surface area contributed by atoms with Gasteiger partial charge in [0.1, 0.15) is 0 Å². The van der Waals surface area contributed by atoms with Crippen LogP contribution >= 0.6 is 15.9 Å². The van der Waals surface area contributed by atoms with Crippen molar-refractivity contribution in [2.75, 3.05) is 0 Å². The smallest absolute Gasteiger partial charge is 0.267 e. The third kappa shape index (κ3) is 4.00. The van der Waals surface area contributed by atoms with Gasteiger partial charge in [-0.05, 0) is 60.2 Å². The normalized spacial score (nSPS) is 21.6. The highest BCUT2D eigenvalue weighted by Crippen LogP contribution is 2.44. The number of amides is 1. The van der Waals surface area contributed by atoms with Gasteiger partial charge in [0.15, 0.2) is 0 Å². The molecule has 0 bridgehead atoms. The van der Waals surface area contributed by atoms with Crippen LogP contribution in [0, 0.1) is 5.92 Å². The molecule has 3 aromatic carbocycles. The molecule has 0 radical (unpaired) electrons. The maximum Gasteiger partial charge on any atom is 0.274 e. The molecule has 0 saturated heterocycles. The van der Waals surface area contributed by atoms with Crippen molar-refractivity contribution in [2.24, 2.45) is 11.0 Å². The molecule has 4 heteroatoms. The molecule has 1 fully saturated rings. The molecule has 154 valence electrons. The molecule has 1 aliphatic carbocycles. The molecular formula is C27H23BrN2O. The average Bonchev–Trinajstić information content (AvgIpc) is 3.20. The summed E-state index contributed by atoms with van der Waals surface area (Å²) in [7, 11) is 0. The fraction of sp³-hybridized carbons (Fsp3) is 0.185. The standard InChI is InChI=1S/C27H23BrN2O/c28-23-15-7-14-22(18-23)27(31)30-26(20-11-5-2-6-12-20)24-16-8-13-21(25(24)29-30)17-19-9-3-1-4-10-19/h1-7,9-12,14-15,17-18,24,26H,8,13,16H2/b21-17+/t24-,26-/m0/s1. The number of rotatable bonds is 3. The Hall–Kier alpha value is -2.98. The van der Waals surface area contributed by atoms with Crippen LogP contribution in [0.5, 0.6) is 0 Å². The van der Waals surface area contributed by atoms with Crippen LogP contribution in [0.4, 0.5) is 0 Å². The first-order valence-corrected chi connectivity index (χ1v) is 11.5. The second-order valence-electron chi connectivity index (χ2n) is 8.08. The Labute approximate surface area is 191 Å². The molecule has 0 unspecified atom stereocenters. The molecule has 2 atom stereocenters. The van der Waals surface area contributed by atoms with Gasteiger partial charge < -0.3 is 0 Å². The Morgan fingerprint density at radius 1 is 0.968 bits per heavy atom. The van der Waals surface area contributed by atoms with E-state index in [-0.39, 0.29) is 17.9 Å². The summed E-state index contributed by atoms with van der Waals surface area (Å²) in [4.78, 5) is 13.6. The van der Waals surface area contributed by atoms with E-state index in [1.54, 1.807) is 5.01 Å². The molecule has 2 aliphatic rings. The fourth-order valence-corrected chi connectivity index (χ4v) is 5.05. The topological polar surface area (TPSA) is 32.7 Å². The van der Waals surface area contributed by atoms with Gasteiger partial charge in [-0.2, -0.15) is 5.10 Å². The van der Waals surface area contributed by atoms with Crippen LogP contribution in [-0.2, 0) is 0 Å². The maximum absolute atomic E-state index is 13.6. The van der Waals surface area contributed by atoms with Crippen molar-refractivity contribution < 1.29 is 4.79 Å². The SMILES string of the molecule is O=C(c1cccc(Br)c1)N1N=C2/C(=C/c3ccccc3)CCC[C@@H]2[C@@H]1c1ccccc1. The van der Waals surface area contributed by atoms with E-state index in [0.29, 0.717) is 5.56 Å². The van der Waals surface area contributed by atoms with Crippen molar-refractivity contribution in [1.82, 2.24) is 5.01 Å². The van der Waals surface area contributed by atoms with E-state index >= 15 is 0 Å². The molecular weight excluding hydrogens is 448 g/mol. The second-order valence-corrected chi connectivity index (χ2v) is 9.00. The number of halogens is 1. The monoisotopic (exact) mass is 470 g/mol. The Bertz CT molecular complexity index is 1150. The van der Waals surface area contributed by atoms with Crippen LogP contribution in [0.25, 0.3) is 6.08 Å². The highest BCUT2D eigenvalue weighted by atomic mass is 79.9. The summed E-state index contributed by atoms with van der Waals surface area (Å²) in [5, 5.41) is 6.69. The molecule has 3 aromatic rings. The molecule has 0 N–H and O–H groups in total. The fourth-order valence-electron chi connectivity index (χ4n) is 4.66. The van der Waals surface area contributed by atoms with Gasteiger partial charge in [0, 0.05) is 16.0 Å². The van der Waals surface area contributed by atoms with Crippen molar-refractivity contribution in [3.05, 3.63) is 112 Å². The Balaban J connectivity index is 1.58. The van der Waals surface area contributed by atoms with Crippen molar-refractivity contribution in [3.8, 4) is 0 Å². The number of hydrogen-bond donors (Lipinski definition) is 0. The average molecular weight is 471 g/mol. The van der Waals surface area contributed by atoms with E-state index in [0.717, 1.165) is 35.0 Å². The lowest BCUT2D eigenvalue weighted by atomic mass is 9.77. The first kappa shape index (κ1) is 20.0. The quantitative estimate of drug-likeness (QED) is 0.410. The molecule has 5 rings (SSSR count). The van der Waals surface area contributed by atoms with Gasteiger partial charge in [-0.3, -0.25) is 4.79 Å². The minimum Gasteiger partial charge on any atom is -0.267 e. The van der Waals surface area contributed by atoms with E-state index in [2.05, 4.69) is 58.4 Å². The molecule has 31 heavy (non-hydrogen) atoms. The molecule has 1 amide bonds. The minimum atomic E-state index is -0.0813. The second kappa shape index (κ2) is 8.64. The van der Waals surface area contributed by atoms with Gasteiger partial charge in [0.2, 0.25) is 0 Å². The van der Waals surface area contributed by atoms with Gasteiger partial charge in [0.25, 0.3) is 5.91 Å². The molecule has 1 saturated carbocycles. The van der Waals surface area contributed by atoms with Crippen LogP contribution in [0.2, 0.25) is 0 Å². The van der Waals surface area contributed by atoms with Crippen LogP contribution in [0.3, 0.4) is 0 Å². The highest BCUT2D eigenvalue weighted by Gasteiger charge is 2.43. The summed E-state index contributed by atoms with van der Waals surface area (Å²) in [6.45, 7) is 0. The zero-order valence-electron chi connectivity index (χ0n) is 17.1. The zero-order chi connectivity index (χ0) is 21.2. The number of allylic oxidation sites excluding steroid dienone is 1. The van der Waals surface area contributed by atoms with E-state index in [9.17, 15) is 4.79 Å².